The molecule has 0 amide bonds. The molecule has 2 nitrogen and oxygen atoms in total. The van der Waals surface area contributed by atoms with E-state index in [1.807, 2.05) is 18.2 Å². The van der Waals surface area contributed by atoms with Crippen molar-refractivity contribution in [1.29, 1.82) is 0 Å². The number of nitrogens with one attached hydrogen (secondary N) is 1. The Labute approximate surface area is 95.8 Å². The van der Waals surface area contributed by atoms with Gasteiger partial charge in [0.25, 0.3) is 0 Å². The van der Waals surface area contributed by atoms with Gasteiger partial charge in [-0.05, 0) is 37.0 Å². The summed E-state index contributed by atoms with van der Waals surface area (Å²) in [4.78, 5) is 0. The highest BCUT2D eigenvalue weighted by molar-refractivity contribution is 6.30. The highest BCUT2D eigenvalue weighted by Gasteiger charge is 2.31. The van der Waals surface area contributed by atoms with Crippen molar-refractivity contribution in [3.05, 3.63) is 34.9 Å². The molecule has 1 aliphatic carbocycles. The van der Waals surface area contributed by atoms with Crippen molar-refractivity contribution in [2.75, 3.05) is 6.54 Å². The van der Waals surface area contributed by atoms with Crippen LogP contribution in [0.25, 0.3) is 0 Å². The fraction of sp³-hybridized carbons (Fsp3) is 0.500. The second-order valence-corrected chi connectivity index (χ2v) is 4.89. The lowest BCUT2D eigenvalue weighted by Crippen LogP contribution is -2.53. The number of benzene rings is 1. The molecule has 1 saturated carbocycles. The summed E-state index contributed by atoms with van der Waals surface area (Å²) in [5.41, 5.74) is 7.38. The van der Waals surface area contributed by atoms with Crippen LogP contribution >= 0.6 is 11.6 Å². The molecule has 2 rings (SSSR count). The van der Waals surface area contributed by atoms with Gasteiger partial charge >= 0.3 is 0 Å². The molecule has 0 aromatic heterocycles. The van der Waals surface area contributed by atoms with Gasteiger partial charge in [0.1, 0.15) is 0 Å². The molecule has 0 unspecified atom stereocenters. The molecule has 3 heteroatoms. The number of nitrogens with two attached hydrogens (primary N) is 1. The molecule has 1 fully saturated rings. The van der Waals surface area contributed by atoms with E-state index < -0.39 is 0 Å². The van der Waals surface area contributed by atoms with E-state index in [1.54, 1.807) is 0 Å². The zero-order valence-corrected chi connectivity index (χ0v) is 9.56. The van der Waals surface area contributed by atoms with Crippen LogP contribution in [0.2, 0.25) is 5.02 Å². The molecule has 0 heterocycles. The van der Waals surface area contributed by atoms with Gasteiger partial charge in [-0.3, -0.25) is 0 Å². The fourth-order valence-electron chi connectivity index (χ4n) is 1.91. The van der Waals surface area contributed by atoms with Crippen molar-refractivity contribution in [2.24, 2.45) is 5.73 Å². The number of hydrogen-bond donors (Lipinski definition) is 2. The summed E-state index contributed by atoms with van der Waals surface area (Å²) >= 11 is 5.90. The summed E-state index contributed by atoms with van der Waals surface area (Å²) < 4.78 is 0. The third-order valence-corrected chi connectivity index (χ3v) is 3.28. The Hall–Kier alpha value is -0.570. The average molecular weight is 225 g/mol. The van der Waals surface area contributed by atoms with Crippen LogP contribution in [0.1, 0.15) is 24.8 Å². The minimum atomic E-state index is 0.0541. The van der Waals surface area contributed by atoms with E-state index in [2.05, 4.69) is 11.4 Å². The van der Waals surface area contributed by atoms with Crippen molar-refractivity contribution in [3.8, 4) is 0 Å². The average Bonchev–Trinajstić information content (AvgIpc) is 2.15. The lowest BCUT2D eigenvalue weighted by molar-refractivity contribution is 0.239. The predicted octanol–water partition coefficient (Wildman–Crippen LogP) is 2.31. The first kappa shape index (κ1) is 10.9. The highest BCUT2D eigenvalue weighted by atomic mass is 35.5. The third-order valence-electron chi connectivity index (χ3n) is 3.04. The smallest absolute Gasteiger partial charge is 0.0409 e. The number of hydrogen-bond acceptors (Lipinski definition) is 2. The van der Waals surface area contributed by atoms with Crippen molar-refractivity contribution in [1.82, 2.24) is 5.32 Å². The minimum absolute atomic E-state index is 0.0541. The van der Waals surface area contributed by atoms with E-state index >= 15 is 0 Å². The van der Waals surface area contributed by atoms with Crippen LogP contribution in [0.5, 0.6) is 0 Å². The van der Waals surface area contributed by atoms with E-state index in [9.17, 15) is 0 Å². The Bertz CT molecular complexity index is 334. The maximum atomic E-state index is 6.11. The van der Waals surface area contributed by atoms with Gasteiger partial charge in [0.05, 0.1) is 0 Å². The van der Waals surface area contributed by atoms with Crippen molar-refractivity contribution in [3.63, 3.8) is 0 Å². The van der Waals surface area contributed by atoms with Gasteiger partial charge in [0.2, 0.25) is 0 Å². The topological polar surface area (TPSA) is 38.0 Å². The van der Waals surface area contributed by atoms with Crippen LogP contribution in [0, 0.1) is 0 Å². The van der Waals surface area contributed by atoms with Crippen molar-refractivity contribution in [2.45, 2.75) is 31.3 Å². The maximum absolute atomic E-state index is 6.11. The first-order valence-electron chi connectivity index (χ1n) is 5.42. The van der Waals surface area contributed by atoms with Crippen LogP contribution in [-0.2, 0) is 6.54 Å². The minimum Gasteiger partial charge on any atom is -0.324 e. The first-order chi connectivity index (χ1) is 7.18. The lowest BCUT2D eigenvalue weighted by Gasteiger charge is -2.38. The maximum Gasteiger partial charge on any atom is 0.0409 e. The molecular weight excluding hydrogens is 208 g/mol. The number of halogens is 1. The molecule has 82 valence electrons. The van der Waals surface area contributed by atoms with E-state index in [0.717, 1.165) is 31.0 Å². The summed E-state index contributed by atoms with van der Waals surface area (Å²) in [6, 6.07) is 7.92. The van der Waals surface area contributed by atoms with Crippen molar-refractivity contribution < 1.29 is 0 Å². The van der Waals surface area contributed by atoms with Crippen LogP contribution in [-0.4, -0.2) is 12.1 Å². The highest BCUT2D eigenvalue weighted by Crippen LogP contribution is 2.28. The van der Waals surface area contributed by atoms with Gasteiger partial charge in [-0.25, -0.2) is 0 Å². The molecule has 0 spiro atoms. The Morgan fingerprint density at radius 2 is 2.20 bits per heavy atom. The van der Waals surface area contributed by atoms with Crippen LogP contribution in [0.15, 0.2) is 24.3 Å². The molecule has 0 saturated heterocycles. The Morgan fingerprint density at radius 1 is 1.40 bits per heavy atom. The summed E-state index contributed by atoms with van der Waals surface area (Å²) in [5.74, 6) is 0. The number of rotatable bonds is 4. The molecule has 0 bridgehead atoms. The summed E-state index contributed by atoms with van der Waals surface area (Å²) in [7, 11) is 0. The standard InChI is InChI=1S/C12H17ClN2/c13-11-4-1-3-10(7-11)8-15-9-12(14)5-2-6-12/h1,3-4,7,15H,2,5-6,8-9,14H2. The zero-order valence-electron chi connectivity index (χ0n) is 8.80. The van der Waals surface area contributed by atoms with Gasteiger partial charge < -0.3 is 11.1 Å². The molecule has 0 atom stereocenters. The molecule has 3 N–H and O–H groups in total. The Balaban J connectivity index is 1.78. The second-order valence-electron chi connectivity index (χ2n) is 4.45. The van der Waals surface area contributed by atoms with Crippen LogP contribution in [0.4, 0.5) is 0 Å². The Morgan fingerprint density at radius 3 is 2.80 bits per heavy atom. The van der Waals surface area contributed by atoms with Gasteiger partial charge in [0, 0.05) is 23.7 Å². The SMILES string of the molecule is NC1(CNCc2cccc(Cl)c2)CCC1. The fourth-order valence-corrected chi connectivity index (χ4v) is 2.12. The van der Waals surface area contributed by atoms with Gasteiger partial charge in [0.15, 0.2) is 0 Å². The quantitative estimate of drug-likeness (QED) is 0.824. The van der Waals surface area contributed by atoms with Crippen LogP contribution < -0.4 is 11.1 Å². The molecule has 1 aromatic carbocycles. The van der Waals surface area contributed by atoms with E-state index in [4.69, 9.17) is 17.3 Å². The molecule has 0 radical (unpaired) electrons. The summed E-state index contributed by atoms with van der Waals surface area (Å²) in [5, 5.41) is 4.18. The van der Waals surface area contributed by atoms with Gasteiger partial charge in [-0.15, -0.1) is 0 Å². The van der Waals surface area contributed by atoms with Crippen molar-refractivity contribution >= 4 is 11.6 Å². The van der Waals surface area contributed by atoms with Gasteiger partial charge in [-0.2, -0.15) is 0 Å². The molecule has 0 aliphatic heterocycles. The summed E-state index contributed by atoms with van der Waals surface area (Å²) in [6.45, 7) is 1.75. The third kappa shape index (κ3) is 2.94. The molecular formula is C12H17ClN2. The largest absolute Gasteiger partial charge is 0.324 e. The predicted molar refractivity (Wildman–Crippen MR) is 63.9 cm³/mol. The molecule has 15 heavy (non-hydrogen) atoms. The monoisotopic (exact) mass is 224 g/mol. The second kappa shape index (κ2) is 4.52. The summed E-state index contributed by atoms with van der Waals surface area (Å²) in [6.07, 6.45) is 3.57. The lowest BCUT2D eigenvalue weighted by atomic mass is 9.78. The normalized spacial score (nSPS) is 18.5. The first-order valence-corrected chi connectivity index (χ1v) is 5.80. The van der Waals surface area contributed by atoms with E-state index in [-0.39, 0.29) is 5.54 Å². The molecule has 1 aliphatic rings. The van der Waals surface area contributed by atoms with Gasteiger partial charge in [-0.1, -0.05) is 23.7 Å². The molecule has 1 aromatic rings. The Kier molecular flexibility index (Phi) is 3.29. The zero-order chi connectivity index (χ0) is 10.7. The van der Waals surface area contributed by atoms with E-state index in [0.29, 0.717) is 0 Å². The van der Waals surface area contributed by atoms with Crippen LogP contribution in [0.3, 0.4) is 0 Å². The van der Waals surface area contributed by atoms with E-state index in [1.165, 1.54) is 12.0 Å².